The highest BCUT2D eigenvalue weighted by Crippen LogP contribution is 2.24. The number of carboxylic acid groups (broad SMARTS) is 1. The lowest BCUT2D eigenvalue weighted by Crippen LogP contribution is -2.15. The molecule has 6 nitrogen and oxygen atoms in total. The molecule has 0 aliphatic carbocycles. The monoisotopic (exact) mass is 342 g/mol. The molecule has 2 N–H and O–H groups in total. The molecule has 0 bridgehead atoms. The number of nitrogens with one attached hydrogen (secondary N) is 1. The average Bonchev–Trinajstić information content (AvgIpc) is 3.18. The van der Waals surface area contributed by atoms with Crippen molar-refractivity contribution >= 4 is 28.9 Å². The molecule has 0 spiro atoms. The normalized spacial score (nSPS) is 10.5. The van der Waals surface area contributed by atoms with Gasteiger partial charge in [0.05, 0.1) is 17.7 Å². The number of carboxylic acids is 1. The van der Waals surface area contributed by atoms with Crippen molar-refractivity contribution in [2.45, 2.75) is 13.3 Å². The number of benzene rings is 1. The van der Waals surface area contributed by atoms with Gasteiger partial charge in [0.15, 0.2) is 0 Å². The molecule has 3 aromatic rings. The van der Waals surface area contributed by atoms with Crippen LogP contribution in [0.4, 0.5) is 5.69 Å². The first-order chi connectivity index (χ1) is 11.5. The number of aryl methyl sites for hydroxylation is 1. The Kier molecular flexibility index (Phi) is 4.43. The van der Waals surface area contributed by atoms with E-state index >= 15 is 0 Å². The lowest BCUT2D eigenvalue weighted by Gasteiger charge is -2.05. The van der Waals surface area contributed by atoms with Crippen molar-refractivity contribution in [3.05, 3.63) is 58.1 Å². The Morgan fingerprint density at radius 1 is 1.33 bits per heavy atom. The maximum absolute atomic E-state index is 12.2. The fourth-order valence-electron chi connectivity index (χ4n) is 2.19. The predicted octanol–water partition coefficient (Wildman–Crippen LogP) is 3.59. The zero-order chi connectivity index (χ0) is 17.1. The van der Waals surface area contributed by atoms with Gasteiger partial charge in [0, 0.05) is 16.6 Å². The molecule has 0 fully saturated rings. The van der Waals surface area contributed by atoms with Crippen LogP contribution in [0.2, 0.25) is 0 Å². The van der Waals surface area contributed by atoms with E-state index in [-0.39, 0.29) is 17.9 Å². The largest absolute Gasteiger partial charge is 0.478 e. The van der Waals surface area contributed by atoms with Crippen molar-refractivity contribution in [2.24, 2.45) is 0 Å². The second kappa shape index (κ2) is 6.67. The third kappa shape index (κ3) is 3.52. The summed E-state index contributed by atoms with van der Waals surface area (Å²) in [5, 5.41) is 15.5. The van der Waals surface area contributed by atoms with Crippen LogP contribution in [0, 0.1) is 6.92 Å². The van der Waals surface area contributed by atoms with E-state index in [4.69, 9.17) is 9.52 Å². The molecule has 1 aromatic carbocycles. The van der Waals surface area contributed by atoms with Gasteiger partial charge in [-0.05, 0) is 36.6 Å². The van der Waals surface area contributed by atoms with E-state index < -0.39 is 5.97 Å². The predicted molar refractivity (Wildman–Crippen MR) is 90.3 cm³/mol. The fourth-order valence-corrected chi connectivity index (χ4v) is 2.82. The number of amides is 1. The lowest BCUT2D eigenvalue weighted by atomic mass is 10.2. The first-order valence-corrected chi connectivity index (χ1v) is 8.09. The third-order valence-corrected chi connectivity index (χ3v) is 4.07. The van der Waals surface area contributed by atoms with E-state index in [1.54, 1.807) is 30.4 Å². The van der Waals surface area contributed by atoms with Crippen LogP contribution in [0.5, 0.6) is 0 Å². The molecule has 1 amide bonds. The molecule has 2 aromatic heterocycles. The number of hydrogen-bond donors (Lipinski definition) is 2. The van der Waals surface area contributed by atoms with Crippen LogP contribution in [-0.4, -0.2) is 22.0 Å². The zero-order valence-corrected chi connectivity index (χ0v) is 13.6. The van der Waals surface area contributed by atoms with E-state index in [1.807, 2.05) is 16.8 Å². The Bertz CT molecular complexity index is 884. The van der Waals surface area contributed by atoms with Crippen molar-refractivity contribution in [3.8, 4) is 11.5 Å². The molecule has 0 saturated heterocycles. The summed E-state index contributed by atoms with van der Waals surface area (Å²) in [6.45, 7) is 1.76. The Hall–Kier alpha value is -2.93. The van der Waals surface area contributed by atoms with Gasteiger partial charge in [0.2, 0.25) is 11.8 Å². The topological polar surface area (TPSA) is 92.4 Å². The van der Waals surface area contributed by atoms with Crippen LogP contribution in [-0.2, 0) is 11.2 Å². The average molecular weight is 342 g/mol. The first kappa shape index (κ1) is 15.9. The molecule has 0 saturated carbocycles. The second-order valence-corrected chi connectivity index (χ2v) is 5.92. The molecule has 122 valence electrons. The minimum Gasteiger partial charge on any atom is -0.478 e. The molecular weight excluding hydrogens is 328 g/mol. The van der Waals surface area contributed by atoms with Crippen molar-refractivity contribution in [1.29, 1.82) is 0 Å². The zero-order valence-electron chi connectivity index (χ0n) is 12.8. The molecule has 2 heterocycles. The van der Waals surface area contributed by atoms with E-state index in [0.29, 0.717) is 23.0 Å². The maximum Gasteiger partial charge on any atom is 0.335 e. The molecule has 0 aliphatic heterocycles. The van der Waals surface area contributed by atoms with Crippen LogP contribution in [0.3, 0.4) is 0 Å². The summed E-state index contributed by atoms with van der Waals surface area (Å²) < 4.78 is 5.60. The summed E-state index contributed by atoms with van der Waals surface area (Å²) in [4.78, 5) is 27.5. The van der Waals surface area contributed by atoms with Crippen molar-refractivity contribution in [1.82, 2.24) is 4.98 Å². The van der Waals surface area contributed by atoms with Crippen molar-refractivity contribution in [3.63, 3.8) is 0 Å². The van der Waals surface area contributed by atoms with Gasteiger partial charge in [-0.1, -0.05) is 6.07 Å². The summed E-state index contributed by atoms with van der Waals surface area (Å²) in [7, 11) is 0. The second-order valence-electron chi connectivity index (χ2n) is 5.14. The number of carbonyl (C=O) groups excluding carboxylic acids is 1. The quantitative estimate of drug-likeness (QED) is 0.739. The van der Waals surface area contributed by atoms with E-state index in [1.165, 1.54) is 12.1 Å². The molecule has 0 aliphatic rings. The number of aromatic nitrogens is 1. The van der Waals surface area contributed by atoms with Crippen LogP contribution < -0.4 is 5.32 Å². The minimum atomic E-state index is -1.04. The summed E-state index contributed by atoms with van der Waals surface area (Å²) in [5.41, 5.74) is 1.98. The molecule has 24 heavy (non-hydrogen) atoms. The summed E-state index contributed by atoms with van der Waals surface area (Å²) in [6.07, 6.45) is 0.0524. The molecule has 3 rings (SSSR count). The molecule has 0 atom stereocenters. The number of hydrogen-bond acceptors (Lipinski definition) is 5. The number of oxazole rings is 1. The van der Waals surface area contributed by atoms with Gasteiger partial charge in [-0.25, -0.2) is 9.78 Å². The standard InChI is InChI=1S/C17H14N2O4S/c1-10-14(19-16(23-10)12-5-6-24-9-12)8-15(20)18-13-4-2-3-11(7-13)17(21)22/h2-7,9H,8H2,1H3,(H,18,20)(H,21,22). The minimum absolute atomic E-state index is 0.0524. The highest BCUT2D eigenvalue weighted by Gasteiger charge is 2.15. The number of anilines is 1. The van der Waals surface area contributed by atoms with Crippen LogP contribution in [0.25, 0.3) is 11.5 Å². The maximum atomic E-state index is 12.2. The van der Waals surface area contributed by atoms with Gasteiger partial charge in [-0.2, -0.15) is 11.3 Å². The number of nitrogens with zero attached hydrogens (tertiary/aromatic N) is 1. The summed E-state index contributed by atoms with van der Waals surface area (Å²) in [6, 6.07) is 7.99. The van der Waals surface area contributed by atoms with Gasteiger partial charge in [-0.3, -0.25) is 4.79 Å². The Morgan fingerprint density at radius 3 is 2.88 bits per heavy atom. The van der Waals surface area contributed by atoms with Gasteiger partial charge in [0.25, 0.3) is 0 Å². The van der Waals surface area contributed by atoms with Crippen LogP contribution in [0.1, 0.15) is 21.8 Å². The van der Waals surface area contributed by atoms with Gasteiger partial charge in [0.1, 0.15) is 5.76 Å². The summed E-state index contributed by atoms with van der Waals surface area (Å²) >= 11 is 1.54. The Labute approximate surface area is 141 Å². The van der Waals surface area contributed by atoms with E-state index in [2.05, 4.69) is 10.3 Å². The van der Waals surface area contributed by atoms with Crippen LogP contribution in [0.15, 0.2) is 45.5 Å². The first-order valence-electron chi connectivity index (χ1n) is 7.15. The number of carbonyl (C=O) groups is 2. The molecule has 0 unspecified atom stereocenters. The van der Waals surface area contributed by atoms with Gasteiger partial charge in [-0.15, -0.1) is 0 Å². The molecule has 7 heteroatoms. The number of aromatic carboxylic acids is 1. The molecule has 0 radical (unpaired) electrons. The van der Waals surface area contributed by atoms with E-state index in [0.717, 1.165) is 5.56 Å². The summed E-state index contributed by atoms with van der Waals surface area (Å²) in [5.74, 6) is -0.250. The van der Waals surface area contributed by atoms with Crippen molar-refractivity contribution < 1.29 is 19.1 Å². The van der Waals surface area contributed by atoms with E-state index in [9.17, 15) is 9.59 Å². The van der Waals surface area contributed by atoms with Crippen LogP contribution >= 0.6 is 11.3 Å². The molecular formula is C17H14N2O4S. The van der Waals surface area contributed by atoms with Gasteiger partial charge >= 0.3 is 5.97 Å². The Balaban J connectivity index is 1.71. The SMILES string of the molecule is Cc1oc(-c2ccsc2)nc1CC(=O)Nc1cccc(C(=O)O)c1. The Morgan fingerprint density at radius 2 is 2.17 bits per heavy atom. The lowest BCUT2D eigenvalue weighted by molar-refractivity contribution is -0.115. The van der Waals surface area contributed by atoms with Gasteiger partial charge < -0.3 is 14.8 Å². The smallest absolute Gasteiger partial charge is 0.335 e. The fraction of sp³-hybridized carbons (Fsp3) is 0.118. The van der Waals surface area contributed by atoms with Crippen molar-refractivity contribution in [2.75, 3.05) is 5.32 Å². The highest BCUT2D eigenvalue weighted by molar-refractivity contribution is 7.08. The number of rotatable bonds is 5. The number of thiophene rings is 1. The highest BCUT2D eigenvalue weighted by atomic mass is 32.1. The third-order valence-electron chi connectivity index (χ3n) is 3.38.